The van der Waals surface area contributed by atoms with E-state index in [0.29, 0.717) is 0 Å². The SMILES string of the molecule is c1ccc(-c2ccc(-c3cc(-c4cccc5ccccc45)nc4c3cc(-c3cccc5ccccc35)c3ccccc34)cc2)nc1. The number of hydrogen-bond acceptors (Lipinski definition) is 2. The van der Waals surface area contributed by atoms with E-state index in [-0.39, 0.29) is 0 Å². The van der Waals surface area contributed by atoms with Crippen LogP contribution in [-0.2, 0) is 0 Å². The molecule has 2 nitrogen and oxygen atoms in total. The zero-order chi connectivity index (χ0) is 30.5. The molecule has 2 heteroatoms. The zero-order valence-electron chi connectivity index (χ0n) is 25.1. The van der Waals surface area contributed by atoms with Crippen LogP contribution in [-0.4, -0.2) is 9.97 Å². The number of rotatable bonds is 4. The largest absolute Gasteiger partial charge is 0.256 e. The Morgan fingerprint density at radius 3 is 1.63 bits per heavy atom. The van der Waals surface area contributed by atoms with Crippen LogP contribution in [0.15, 0.2) is 170 Å². The van der Waals surface area contributed by atoms with Gasteiger partial charge in [-0.3, -0.25) is 4.98 Å². The highest BCUT2D eigenvalue weighted by Gasteiger charge is 2.18. The second-order valence-corrected chi connectivity index (χ2v) is 11.8. The van der Waals surface area contributed by atoms with Crippen LogP contribution in [0.5, 0.6) is 0 Å². The molecule has 9 aromatic rings. The number of aromatic nitrogens is 2. The summed E-state index contributed by atoms with van der Waals surface area (Å²) in [6, 6.07) is 58.5. The molecule has 0 spiro atoms. The molecule has 9 rings (SSSR count). The first-order valence-corrected chi connectivity index (χ1v) is 15.7. The third kappa shape index (κ3) is 4.35. The smallest absolute Gasteiger partial charge is 0.0794 e. The molecule has 0 atom stereocenters. The van der Waals surface area contributed by atoms with Crippen LogP contribution < -0.4 is 0 Å². The highest BCUT2D eigenvalue weighted by atomic mass is 14.7. The molecule has 0 fully saturated rings. The van der Waals surface area contributed by atoms with E-state index in [1.165, 1.54) is 38.1 Å². The van der Waals surface area contributed by atoms with Crippen molar-refractivity contribution < 1.29 is 0 Å². The van der Waals surface area contributed by atoms with E-state index in [1.54, 1.807) is 0 Å². The quantitative estimate of drug-likeness (QED) is 0.192. The summed E-state index contributed by atoms with van der Waals surface area (Å²) in [6.07, 6.45) is 1.84. The maximum absolute atomic E-state index is 5.46. The summed E-state index contributed by atoms with van der Waals surface area (Å²) in [4.78, 5) is 10.0. The lowest BCUT2D eigenvalue weighted by Crippen LogP contribution is -1.94. The van der Waals surface area contributed by atoms with Crippen molar-refractivity contribution in [2.45, 2.75) is 0 Å². The minimum atomic E-state index is 0.967. The maximum atomic E-state index is 5.46. The molecule has 0 N–H and O–H groups in total. The normalized spacial score (nSPS) is 11.5. The molecule has 0 aliphatic carbocycles. The lowest BCUT2D eigenvalue weighted by molar-refractivity contribution is 1.33. The molecule has 0 aliphatic heterocycles. The van der Waals surface area contributed by atoms with Crippen LogP contribution in [0.3, 0.4) is 0 Å². The molecule has 2 heterocycles. The summed E-state index contributed by atoms with van der Waals surface area (Å²) < 4.78 is 0. The van der Waals surface area contributed by atoms with Crippen molar-refractivity contribution in [1.82, 2.24) is 9.97 Å². The first-order chi connectivity index (χ1) is 22.8. The van der Waals surface area contributed by atoms with Crippen LogP contribution in [0, 0.1) is 0 Å². The molecule has 0 radical (unpaired) electrons. The Labute approximate surface area is 267 Å². The van der Waals surface area contributed by atoms with Gasteiger partial charge in [-0.25, -0.2) is 4.98 Å². The van der Waals surface area contributed by atoms with Crippen molar-refractivity contribution in [1.29, 1.82) is 0 Å². The van der Waals surface area contributed by atoms with Gasteiger partial charge in [0.15, 0.2) is 0 Å². The van der Waals surface area contributed by atoms with Crippen LogP contribution >= 0.6 is 0 Å². The van der Waals surface area contributed by atoms with E-state index in [9.17, 15) is 0 Å². The third-order valence-corrected chi connectivity index (χ3v) is 9.12. The van der Waals surface area contributed by atoms with Crippen molar-refractivity contribution in [3.63, 3.8) is 0 Å². The van der Waals surface area contributed by atoms with Crippen molar-refractivity contribution in [2.24, 2.45) is 0 Å². The molecule has 7 aromatic carbocycles. The van der Waals surface area contributed by atoms with Crippen LogP contribution in [0.1, 0.15) is 0 Å². The summed E-state index contributed by atoms with van der Waals surface area (Å²) in [5.74, 6) is 0. The second kappa shape index (κ2) is 10.8. The van der Waals surface area contributed by atoms with Gasteiger partial charge in [0.05, 0.1) is 16.9 Å². The number of hydrogen-bond donors (Lipinski definition) is 0. The van der Waals surface area contributed by atoms with E-state index < -0.39 is 0 Å². The highest BCUT2D eigenvalue weighted by molar-refractivity contribution is 6.18. The highest BCUT2D eigenvalue weighted by Crippen LogP contribution is 2.42. The molecule has 214 valence electrons. The van der Waals surface area contributed by atoms with Gasteiger partial charge in [-0.05, 0) is 73.5 Å². The minimum Gasteiger partial charge on any atom is -0.256 e. The number of benzene rings is 7. The fourth-order valence-corrected chi connectivity index (χ4v) is 6.92. The molecule has 2 aromatic heterocycles. The molecule has 0 saturated heterocycles. The molecular weight excluding hydrogens is 556 g/mol. The van der Waals surface area contributed by atoms with E-state index in [2.05, 4.69) is 157 Å². The summed E-state index contributed by atoms with van der Waals surface area (Å²) in [5.41, 5.74) is 9.92. The Kier molecular flexibility index (Phi) is 6.17. The molecule has 0 saturated carbocycles. The standard InChI is InChI=1S/C44H28N2/c1-3-15-33-29(11-1)13-9-19-35(33)40-27-41-39(31-22-24-32(25-23-31)42-21-7-8-26-45-42)28-43(46-44(41)38-18-6-5-17-36(38)40)37-20-10-14-30-12-2-4-16-34(30)37/h1-28H. The summed E-state index contributed by atoms with van der Waals surface area (Å²) in [7, 11) is 0. The Morgan fingerprint density at radius 1 is 0.326 bits per heavy atom. The summed E-state index contributed by atoms with van der Waals surface area (Å²) >= 11 is 0. The molecule has 0 bridgehead atoms. The van der Waals surface area contributed by atoms with Gasteiger partial charge in [-0.1, -0.05) is 140 Å². The van der Waals surface area contributed by atoms with E-state index in [4.69, 9.17) is 4.98 Å². The Bertz CT molecular complexity index is 2560. The number of pyridine rings is 2. The van der Waals surface area contributed by atoms with Crippen molar-refractivity contribution >= 4 is 43.2 Å². The van der Waals surface area contributed by atoms with Gasteiger partial charge in [0.25, 0.3) is 0 Å². The van der Waals surface area contributed by atoms with Crippen LogP contribution in [0.4, 0.5) is 0 Å². The lowest BCUT2D eigenvalue weighted by atomic mass is 9.89. The van der Waals surface area contributed by atoms with Gasteiger partial charge in [-0.15, -0.1) is 0 Å². The van der Waals surface area contributed by atoms with Gasteiger partial charge in [0, 0.05) is 28.1 Å². The molecule has 0 amide bonds. The Hall–Kier alpha value is -6.12. The van der Waals surface area contributed by atoms with E-state index in [0.717, 1.165) is 49.9 Å². The fraction of sp³-hybridized carbons (Fsp3) is 0. The van der Waals surface area contributed by atoms with Gasteiger partial charge in [-0.2, -0.15) is 0 Å². The molecule has 0 unspecified atom stereocenters. The molecule has 46 heavy (non-hydrogen) atoms. The second-order valence-electron chi connectivity index (χ2n) is 11.8. The average Bonchev–Trinajstić information content (AvgIpc) is 3.14. The van der Waals surface area contributed by atoms with Crippen LogP contribution in [0.2, 0.25) is 0 Å². The van der Waals surface area contributed by atoms with Gasteiger partial charge in [0.2, 0.25) is 0 Å². The first kappa shape index (κ1) is 26.3. The van der Waals surface area contributed by atoms with E-state index in [1.807, 2.05) is 18.3 Å². The van der Waals surface area contributed by atoms with Crippen molar-refractivity contribution in [3.8, 4) is 44.8 Å². The summed E-state index contributed by atoms with van der Waals surface area (Å²) in [5, 5.41) is 8.37. The Balaban J connectivity index is 1.37. The van der Waals surface area contributed by atoms with E-state index >= 15 is 0 Å². The van der Waals surface area contributed by atoms with Crippen molar-refractivity contribution in [3.05, 3.63) is 170 Å². The predicted molar refractivity (Wildman–Crippen MR) is 194 cm³/mol. The monoisotopic (exact) mass is 584 g/mol. The molecule has 0 aliphatic rings. The van der Waals surface area contributed by atoms with Gasteiger partial charge in [0.1, 0.15) is 0 Å². The Morgan fingerprint density at radius 2 is 0.913 bits per heavy atom. The lowest BCUT2D eigenvalue weighted by Gasteiger charge is -2.17. The number of nitrogens with zero attached hydrogens (tertiary/aromatic N) is 2. The maximum Gasteiger partial charge on any atom is 0.0794 e. The van der Waals surface area contributed by atoms with Crippen molar-refractivity contribution in [2.75, 3.05) is 0 Å². The zero-order valence-corrected chi connectivity index (χ0v) is 25.1. The average molecular weight is 585 g/mol. The third-order valence-electron chi connectivity index (χ3n) is 9.12. The minimum absolute atomic E-state index is 0.967. The number of fused-ring (bicyclic) bond motifs is 5. The van der Waals surface area contributed by atoms with Crippen LogP contribution in [0.25, 0.3) is 88.0 Å². The predicted octanol–water partition coefficient (Wildman–Crippen LogP) is 11.8. The fourth-order valence-electron chi connectivity index (χ4n) is 6.92. The van der Waals surface area contributed by atoms with Gasteiger partial charge >= 0.3 is 0 Å². The summed E-state index contributed by atoms with van der Waals surface area (Å²) in [6.45, 7) is 0. The first-order valence-electron chi connectivity index (χ1n) is 15.7. The topological polar surface area (TPSA) is 25.8 Å². The van der Waals surface area contributed by atoms with Gasteiger partial charge < -0.3 is 0 Å². The molecular formula is C44H28N2.